The van der Waals surface area contributed by atoms with Gasteiger partial charge in [0.05, 0.1) is 11.7 Å². The van der Waals surface area contributed by atoms with Gasteiger partial charge >= 0.3 is 12.2 Å². The Morgan fingerprint density at radius 2 is 2.03 bits per heavy atom. The molecule has 0 aliphatic heterocycles. The van der Waals surface area contributed by atoms with Crippen molar-refractivity contribution in [3.63, 3.8) is 0 Å². The van der Waals surface area contributed by atoms with Gasteiger partial charge in [-0.3, -0.25) is 10.3 Å². The average Bonchev–Trinajstić information content (AvgIpc) is 2.59. The molecule has 2 amide bonds. The first-order valence-electron chi connectivity index (χ1n) is 9.05. The van der Waals surface area contributed by atoms with Crippen LogP contribution in [0.5, 0.6) is 0 Å². The molecule has 0 saturated carbocycles. The minimum absolute atomic E-state index is 0.379. The van der Waals surface area contributed by atoms with Gasteiger partial charge in [-0.05, 0) is 57.0 Å². The molecule has 2 aromatic rings. The number of pyridine rings is 1. The molecule has 0 aliphatic carbocycles. The van der Waals surface area contributed by atoms with Crippen molar-refractivity contribution in [3.05, 3.63) is 54.9 Å². The van der Waals surface area contributed by atoms with Crippen LogP contribution >= 0.6 is 0 Å². The number of hydrogen-bond donors (Lipinski definition) is 4. The number of anilines is 2. The number of nitrogens with two attached hydrogens (primary N) is 1. The van der Waals surface area contributed by atoms with Crippen LogP contribution in [0.4, 0.5) is 21.0 Å². The van der Waals surface area contributed by atoms with Crippen molar-refractivity contribution in [1.29, 1.82) is 0 Å². The zero-order chi connectivity index (χ0) is 21.6. The van der Waals surface area contributed by atoms with Crippen LogP contribution in [0.25, 0.3) is 11.1 Å². The number of alkyl carbamates (subject to hydrolysis) is 1. The normalized spacial score (nSPS) is 12.0. The van der Waals surface area contributed by atoms with E-state index in [9.17, 15) is 9.59 Å². The van der Waals surface area contributed by atoms with Crippen molar-refractivity contribution >= 4 is 23.6 Å². The van der Waals surface area contributed by atoms with Crippen molar-refractivity contribution in [2.75, 3.05) is 11.1 Å². The summed E-state index contributed by atoms with van der Waals surface area (Å²) in [4.78, 5) is 27.3. The maximum Gasteiger partial charge on any atom is 0.409 e. The van der Waals surface area contributed by atoms with Crippen LogP contribution in [-0.2, 0) is 4.74 Å². The zero-order valence-corrected chi connectivity index (χ0v) is 16.7. The highest BCUT2D eigenvalue weighted by molar-refractivity contribution is 5.86. The Balaban J connectivity index is 2.29. The number of amides is 2. The number of carbonyl (C=O) groups is 2. The van der Waals surface area contributed by atoms with E-state index in [0.29, 0.717) is 23.5 Å². The van der Waals surface area contributed by atoms with Crippen LogP contribution in [-0.4, -0.2) is 27.9 Å². The summed E-state index contributed by atoms with van der Waals surface area (Å²) in [6.07, 6.45) is 2.08. The second-order valence-electron chi connectivity index (χ2n) is 7.42. The van der Waals surface area contributed by atoms with E-state index >= 15 is 0 Å². The lowest BCUT2D eigenvalue weighted by Gasteiger charge is -2.23. The number of nitrogens with one attached hydrogen (secondary N) is 2. The van der Waals surface area contributed by atoms with E-state index in [-0.39, 0.29) is 0 Å². The van der Waals surface area contributed by atoms with Crippen molar-refractivity contribution in [1.82, 2.24) is 10.3 Å². The van der Waals surface area contributed by atoms with Gasteiger partial charge in [-0.15, -0.1) is 6.58 Å². The largest absolute Gasteiger partial charge is 0.465 e. The molecule has 0 unspecified atom stereocenters. The molecular formula is C21H26N4O4. The molecule has 0 fully saturated rings. The fourth-order valence-corrected chi connectivity index (χ4v) is 2.70. The van der Waals surface area contributed by atoms with Gasteiger partial charge in [-0.25, -0.2) is 9.59 Å². The lowest BCUT2D eigenvalue weighted by molar-refractivity contribution is 0.0503. The number of hydrogen-bond acceptors (Lipinski definition) is 5. The first-order chi connectivity index (χ1) is 13.6. The maximum atomic E-state index is 12.2. The number of ether oxygens (including phenoxy) is 1. The van der Waals surface area contributed by atoms with Crippen molar-refractivity contribution in [3.8, 4) is 11.1 Å². The number of rotatable bonds is 6. The van der Waals surface area contributed by atoms with E-state index in [0.717, 1.165) is 11.1 Å². The maximum absolute atomic E-state index is 12.2. The van der Waals surface area contributed by atoms with Crippen LogP contribution in [0.2, 0.25) is 0 Å². The molecule has 8 heteroatoms. The molecule has 1 heterocycles. The fraction of sp³-hybridized carbons (Fsp3) is 0.286. The van der Waals surface area contributed by atoms with E-state index in [1.807, 2.05) is 6.07 Å². The molecular weight excluding hydrogens is 372 g/mol. The Hall–Kier alpha value is -3.55. The molecule has 1 aromatic carbocycles. The third-order valence-electron chi connectivity index (χ3n) is 3.85. The quantitative estimate of drug-likeness (QED) is 0.417. The molecule has 154 valence electrons. The summed E-state index contributed by atoms with van der Waals surface area (Å²) in [5.41, 5.74) is 8.42. The first-order valence-corrected chi connectivity index (χ1v) is 9.05. The molecule has 8 nitrogen and oxygen atoms in total. The topological polar surface area (TPSA) is 127 Å². The highest BCUT2D eigenvalue weighted by Crippen LogP contribution is 2.30. The molecule has 1 aromatic heterocycles. The van der Waals surface area contributed by atoms with Crippen LogP contribution in [0.1, 0.15) is 38.9 Å². The van der Waals surface area contributed by atoms with Gasteiger partial charge in [0.2, 0.25) is 0 Å². The number of nitrogens with zero attached hydrogens (tertiary/aromatic N) is 1. The minimum Gasteiger partial charge on any atom is -0.465 e. The van der Waals surface area contributed by atoms with Gasteiger partial charge in [0.1, 0.15) is 5.60 Å². The number of carbonyl (C=O) groups excluding carboxylic acids is 1. The standard InChI is InChI=1S/C21H26N4O4/c1-5-6-17(25-20(28)29-21(2,3)4)18-11-13(9-10-23-18)15-8-7-14(12-16(15)22)24-19(26)27/h5,7-12,17,24H,1,6,22H2,2-4H3,(H,25,28)(H,26,27)/t17-/m0/s1. The fourth-order valence-electron chi connectivity index (χ4n) is 2.70. The molecule has 0 bridgehead atoms. The summed E-state index contributed by atoms with van der Waals surface area (Å²) in [6.45, 7) is 9.11. The summed E-state index contributed by atoms with van der Waals surface area (Å²) >= 11 is 0. The molecule has 0 spiro atoms. The van der Waals surface area contributed by atoms with Gasteiger partial charge in [-0.2, -0.15) is 0 Å². The lowest BCUT2D eigenvalue weighted by atomic mass is 10.0. The van der Waals surface area contributed by atoms with Crippen molar-refractivity contribution in [2.24, 2.45) is 0 Å². The number of carboxylic acid groups (broad SMARTS) is 1. The molecule has 5 N–H and O–H groups in total. The zero-order valence-electron chi connectivity index (χ0n) is 16.7. The Morgan fingerprint density at radius 1 is 1.31 bits per heavy atom. The number of nitrogen functional groups attached to an aromatic ring is 1. The monoisotopic (exact) mass is 398 g/mol. The second kappa shape index (κ2) is 9.09. The lowest BCUT2D eigenvalue weighted by Crippen LogP contribution is -2.35. The second-order valence-corrected chi connectivity index (χ2v) is 7.42. The SMILES string of the molecule is C=CC[C@H](NC(=O)OC(C)(C)C)c1cc(-c2ccc(NC(=O)O)cc2N)ccn1. The van der Waals surface area contributed by atoms with E-state index < -0.39 is 23.8 Å². The average molecular weight is 398 g/mol. The molecule has 0 saturated heterocycles. The van der Waals surface area contributed by atoms with Crippen LogP contribution in [0.15, 0.2) is 49.2 Å². The minimum atomic E-state index is -1.16. The summed E-state index contributed by atoms with van der Waals surface area (Å²) in [7, 11) is 0. The summed E-state index contributed by atoms with van der Waals surface area (Å²) in [5.74, 6) is 0. The van der Waals surface area contributed by atoms with Crippen molar-refractivity contribution < 1.29 is 19.4 Å². The van der Waals surface area contributed by atoms with Crippen LogP contribution in [0, 0.1) is 0 Å². The third-order valence-corrected chi connectivity index (χ3v) is 3.85. The van der Waals surface area contributed by atoms with E-state index in [4.69, 9.17) is 15.6 Å². The third kappa shape index (κ3) is 6.53. The van der Waals surface area contributed by atoms with Crippen LogP contribution < -0.4 is 16.4 Å². The number of aromatic nitrogens is 1. The predicted molar refractivity (Wildman–Crippen MR) is 113 cm³/mol. The molecule has 2 rings (SSSR count). The molecule has 29 heavy (non-hydrogen) atoms. The molecule has 0 aliphatic rings. The predicted octanol–water partition coefficient (Wildman–Crippen LogP) is 4.56. The Kier molecular flexibility index (Phi) is 6.82. The molecule has 0 radical (unpaired) electrons. The van der Waals surface area contributed by atoms with Gasteiger partial charge in [0.15, 0.2) is 0 Å². The number of benzene rings is 1. The van der Waals surface area contributed by atoms with Gasteiger partial charge in [-0.1, -0.05) is 12.1 Å². The van der Waals surface area contributed by atoms with E-state index in [1.165, 1.54) is 0 Å². The van der Waals surface area contributed by atoms with Crippen LogP contribution in [0.3, 0.4) is 0 Å². The van der Waals surface area contributed by atoms with Gasteiger partial charge in [0, 0.05) is 23.1 Å². The Labute approximate surface area is 169 Å². The highest BCUT2D eigenvalue weighted by Gasteiger charge is 2.21. The van der Waals surface area contributed by atoms with Crippen molar-refractivity contribution in [2.45, 2.75) is 38.8 Å². The van der Waals surface area contributed by atoms with Gasteiger partial charge in [0.25, 0.3) is 0 Å². The highest BCUT2D eigenvalue weighted by atomic mass is 16.6. The summed E-state index contributed by atoms with van der Waals surface area (Å²) in [6, 6.07) is 8.09. The molecule has 1 atom stereocenters. The summed E-state index contributed by atoms with van der Waals surface area (Å²) < 4.78 is 5.33. The van der Waals surface area contributed by atoms with Gasteiger partial charge < -0.3 is 20.9 Å². The Morgan fingerprint density at radius 3 is 2.62 bits per heavy atom. The van der Waals surface area contributed by atoms with E-state index in [2.05, 4.69) is 22.2 Å². The first kappa shape index (κ1) is 21.7. The summed E-state index contributed by atoms with van der Waals surface area (Å²) in [5, 5.41) is 13.9. The smallest absolute Gasteiger partial charge is 0.409 e. The van der Waals surface area contributed by atoms with E-state index in [1.54, 1.807) is 57.3 Å². The Bertz CT molecular complexity index is 906.